The molecule has 18 heavy (non-hydrogen) atoms. The van der Waals surface area contributed by atoms with Crippen molar-refractivity contribution in [1.29, 1.82) is 0 Å². The summed E-state index contributed by atoms with van der Waals surface area (Å²) in [4.78, 5) is 0. The molecule has 3 N–H and O–H groups in total. The SMILES string of the molecule is CC(C)[C@H](O)C(CN)c1ccc2ccccc2c1. The fourth-order valence-electron chi connectivity index (χ4n) is 2.38. The summed E-state index contributed by atoms with van der Waals surface area (Å²) in [5.41, 5.74) is 6.95. The standard InChI is InChI=1S/C16H21NO/c1-11(2)16(18)15(10-17)14-8-7-12-5-3-4-6-13(12)9-14/h3-9,11,15-16,18H,10,17H2,1-2H3/t15?,16-/m0/s1. The van der Waals surface area contributed by atoms with E-state index in [1.165, 1.54) is 10.8 Å². The van der Waals surface area contributed by atoms with Crippen molar-refractivity contribution in [3.63, 3.8) is 0 Å². The molecule has 0 amide bonds. The van der Waals surface area contributed by atoms with E-state index in [0.29, 0.717) is 6.54 Å². The molecule has 0 aliphatic rings. The lowest BCUT2D eigenvalue weighted by Crippen LogP contribution is -2.29. The summed E-state index contributed by atoms with van der Waals surface area (Å²) in [5, 5.41) is 12.6. The molecular weight excluding hydrogens is 222 g/mol. The first kappa shape index (κ1) is 13.1. The highest BCUT2D eigenvalue weighted by Crippen LogP contribution is 2.26. The van der Waals surface area contributed by atoms with Gasteiger partial charge in [-0.2, -0.15) is 0 Å². The van der Waals surface area contributed by atoms with Gasteiger partial charge in [0.1, 0.15) is 0 Å². The Morgan fingerprint density at radius 2 is 1.72 bits per heavy atom. The molecule has 0 radical (unpaired) electrons. The van der Waals surface area contributed by atoms with E-state index in [2.05, 4.69) is 30.3 Å². The minimum Gasteiger partial charge on any atom is -0.392 e. The van der Waals surface area contributed by atoms with E-state index >= 15 is 0 Å². The zero-order chi connectivity index (χ0) is 13.1. The van der Waals surface area contributed by atoms with Gasteiger partial charge in [0, 0.05) is 12.5 Å². The zero-order valence-electron chi connectivity index (χ0n) is 11.0. The minimum atomic E-state index is -0.392. The molecule has 0 fully saturated rings. The molecule has 2 nitrogen and oxygen atoms in total. The monoisotopic (exact) mass is 243 g/mol. The molecule has 0 aliphatic carbocycles. The second kappa shape index (κ2) is 5.51. The number of rotatable bonds is 4. The van der Waals surface area contributed by atoms with Crippen LogP contribution in [-0.2, 0) is 0 Å². The van der Waals surface area contributed by atoms with Crippen LogP contribution in [0.25, 0.3) is 10.8 Å². The molecule has 96 valence electrons. The molecule has 0 aromatic heterocycles. The van der Waals surface area contributed by atoms with Crippen molar-refractivity contribution >= 4 is 10.8 Å². The molecule has 0 heterocycles. The quantitative estimate of drug-likeness (QED) is 0.867. The number of nitrogens with two attached hydrogens (primary N) is 1. The molecule has 0 saturated heterocycles. The van der Waals surface area contributed by atoms with E-state index < -0.39 is 6.10 Å². The van der Waals surface area contributed by atoms with Crippen LogP contribution in [0.2, 0.25) is 0 Å². The van der Waals surface area contributed by atoms with Crippen molar-refractivity contribution in [2.75, 3.05) is 6.54 Å². The average molecular weight is 243 g/mol. The summed E-state index contributed by atoms with van der Waals surface area (Å²) >= 11 is 0. The van der Waals surface area contributed by atoms with Gasteiger partial charge in [-0.1, -0.05) is 56.3 Å². The first-order valence-corrected chi connectivity index (χ1v) is 6.50. The lowest BCUT2D eigenvalue weighted by molar-refractivity contribution is 0.0986. The van der Waals surface area contributed by atoms with Crippen molar-refractivity contribution in [3.05, 3.63) is 48.0 Å². The molecule has 0 saturated carbocycles. The highest BCUT2D eigenvalue weighted by molar-refractivity contribution is 5.83. The number of benzene rings is 2. The molecule has 2 aromatic rings. The Morgan fingerprint density at radius 3 is 2.33 bits per heavy atom. The molecule has 2 heteroatoms. The first-order chi connectivity index (χ1) is 8.63. The fraction of sp³-hybridized carbons (Fsp3) is 0.375. The smallest absolute Gasteiger partial charge is 0.0643 e. The molecule has 2 atom stereocenters. The van der Waals surface area contributed by atoms with E-state index in [1.54, 1.807) is 0 Å². The van der Waals surface area contributed by atoms with Crippen LogP contribution in [0, 0.1) is 5.92 Å². The molecule has 0 bridgehead atoms. The molecule has 0 aliphatic heterocycles. The summed E-state index contributed by atoms with van der Waals surface area (Å²) in [7, 11) is 0. The predicted octanol–water partition coefficient (Wildman–Crippen LogP) is 2.90. The van der Waals surface area contributed by atoms with Crippen molar-refractivity contribution in [2.45, 2.75) is 25.9 Å². The van der Waals surface area contributed by atoms with Crippen LogP contribution in [0.1, 0.15) is 25.3 Å². The maximum atomic E-state index is 10.2. The second-order valence-electron chi connectivity index (χ2n) is 5.18. The van der Waals surface area contributed by atoms with Crippen LogP contribution in [-0.4, -0.2) is 17.8 Å². The molecule has 2 aromatic carbocycles. The fourth-order valence-corrected chi connectivity index (χ4v) is 2.38. The molecule has 2 rings (SSSR count). The lowest BCUT2D eigenvalue weighted by Gasteiger charge is -2.25. The molecule has 1 unspecified atom stereocenters. The van der Waals surface area contributed by atoms with E-state index in [4.69, 9.17) is 5.73 Å². The Hall–Kier alpha value is -1.38. The summed E-state index contributed by atoms with van der Waals surface area (Å²) in [6.07, 6.45) is -0.392. The summed E-state index contributed by atoms with van der Waals surface area (Å²) < 4.78 is 0. The molecule has 0 spiro atoms. The van der Waals surface area contributed by atoms with Crippen molar-refractivity contribution in [2.24, 2.45) is 11.7 Å². The van der Waals surface area contributed by atoms with Crippen LogP contribution >= 0.6 is 0 Å². The van der Waals surface area contributed by atoms with Gasteiger partial charge in [0.2, 0.25) is 0 Å². The van der Waals surface area contributed by atoms with Crippen molar-refractivity contribution in [1.82, 2.24) is 0 Å². The second-order valence-corrected chi connectivity index (χ2v) is 5.18. The number of aliphatic hydroxyl groups is 1. The minimum absolute atomic E-state index is 0.00889. The van der Waals surface area contributed by atoms with Gasteiger partial charge in [-0.3, -0.25) is 0 Å². The van der Waals surface area contributed by atoms with E-state index in [0.717, 1.165) is 5.56 Å². The van der Waals surface area contributed by atoms with Gasteiger partial charge in [-0.25, -0.2) is 0 Å². The third-order valence-electron chi connectivity index (χ3n) is 3.55. The summed E-state index contributed by atoms with van der Waals surface area (Å²) in [5.74, 6) is 0.222. The largest absolute Gasteiger partial charge is 0.392 e. The summed E-state index contributed by atoms with van der Waals surface area (Å²) in [6.45, 7) is 4.51. The normalized spacial score (nSPS) is 14.9. The van der Waals surface area contributed by atoms with E-state index in [9.17, 15) is 5.11 Å². The van der Waals surface area contributed by atoms with Gasteiger partial charge < -0.3 is 10.8 Å². The third kappa shape index (κ3) is 2.55. The number of fused-ring (bicyclic) bond motifs is 1. The van der Waals surface area contributed by atoms with Gasteiger partial charge in [0.15, 0.2) is 0 Å². The maximum Gasteiger partial charge on any atom is 0.0643 e. The van der Waals surface area contributed by atoms with Gasteiger partial charge in [-0.05, 0) is 22.3 Å². The third-order valence-corrected chi connectivity index (χ3v) is 3.55. The number of hydrogen-bond acceptors (Lipinski definition) is 2. The Labute approximate surface area is 108 Å². The van der Waals surface area contributed by atoms with E-state index in [-0.39, 0.29) is 11.8 Å². The first-order valence-electron chi connectivity index (χ1n) is 6.50. The van der Waals surface area contributed by atoms with Crippen LogP contribution < -0.4 is 5.73 Å². The molecular formula is C16H21NO. The van der Waals surface area contributed by atoms with Gasteiger partial charge in [-0.15, -0.1) is 0 Å². The van der Waals surface area contributed by atoms with Crippen LogP contribution in [0.5, 0.6) is 0 Å². The van der Waals surface area contributed by atoms with E-state index in [1.807, 2.05) is 26.0 Å². The van der Waals surface area contributed by atoms with Crippen molar-refractivity contribution in [3.8, 4) is 0 Å². The topological polar surface area (TPSA) is 46.2 Å². The maximum absolute atomic E-state index is 10.2. The van der Waals surface area contributed by atoms with Crippen molar-refractivity contribution < 1.29 is 5.11 Å². The van der Waals surface area contributed by atoms with Crippen LogP contribution in [0.15, 0.2) is 42.5 Å². The summed E-state index contributed by atoms with van der Waals surface area (Å²) in [6, 6.07) is 14.6. The van der Waals surface area contributed by atoms with Gasteiger partial charge in [0.25, 0.3) is 0 Å². The van der Waals surface area contributed by atoms with Crippen LogP contribution in [0.3, 0.4) is 0 Å². The Kier molecular flexibility index (Phi) is 4.00. The predicted molar refractivity (Wildman–Crippen MR) is 76.6 cm³/mol. The Balaban J connectivity index is 2.39. The van der Waals surface area contributed by atoms with Crippen LogP contribution in [0.4, 0.5) is 0 Å². The Morgan fingerprint density at radius 1 is 1.06 bits per heavy atom. The number of aliphatic hydroxyl groups excluding tert-OH is 1. The lowest BCUT2D eigenvalue weighted by atomic mass is 9.86. The Bertz CT molecular complexity index is 521. The number of hydrogen-bond donors (Lipinski definition) is 2. The average Bonchev–Trinajstić information content (AvgIpc) is 2.39. The zero-order valence-corrected chi connectivity index (χ0v) is 11.0. The van der Waals surface area contributed by atoms with Gasteiger partial charge >= 0.3 is 0 Å². The highest BCUT2D eigenvalue weighted by atomic mass is 16.3. The highest BCUT2D eigenvalue weighted by Gasteiger charge is 2.22. The van der Waals surface area contributed by atoms with Gasteiger partial charge in [0.05, 0.1) is 6.10 Å².